The van der Waals surface area contributed by atoms with E-state index in [9.17, 15) is 9.59 Å². The molecule has 1 saturated heterocycles. The van der Waals surface area contributed by atoms with E-state index in [1.807, 2.05) is 76.5 Å². The highest BCUT2D eigenvalue weighted by Gasteiger charge is 2.32. The van der Waals surface area contributed by atoms with Gasteiger partial charge in [-0.3, -0.25) is 14.6 Å². The Morgan fingerprint density at radius 3 is 2.71 bits per heavy atom. The van der Waals surface area contributed by atoms with E-state index >= 15 is 0 Å². The van der Waals surface area contributed by atoms with Crippen LogP contribution < -0.4 is 0 Å². The average Bonchev–Trinajstić information content (AvgIpc) is 3.41. The molecule has 0 bridgehead atoms. The number of rotatable bonds is 6. The Labute approximate surface area is 198 Å². The molecule has 2 aromatic carbocycles. The number of carbonyl (C=O) groups excluding carboxylic acids is 2. The average molecular weight is 454 g/mol. The van der Waals surface area contributed by atoms with E-state index in [1.54, 1.807) is 18.7 Å². The van der Waals surface area contributed by atoms with Gasteiger partial charge < -0.3 is 14.2 Å². The van der Waals surface area contributed by atoms with Crippen LogP contribution in [0.15, 0.2) is 89.8 Å². The van der Waals surface area contributed by atoms with Crippen molar-refractivity contribution in [3.63, 3.8) is 0 Å². The van der Waals surface area contributed by atoms with E-state index in [4.69, 9.17) is 4.42 Å². The van der Waals surface area contributed by atoms with Crippen molar-refractivity contribution in [1.82, 2.24) is 14.8 Å². The molecule has 6 heteroatoms. The molecule has 0 saturated carbocycles. The van der Waals surface area contributed by atoms with E-state index in [0.29, 0.717) is 31.7 Å². The number of carbonyl (C=O) groups is 2. The van der Waals surface area contributed by atoms with Crippen LogP contribution in [-0.2, 0) is 17.9 Å². The summed E-state index contributed by atoms with van der Waals surface area (Å²) in [6, 6.07) is 21.3. The molecule has 5 rings (SSSR count). The number of amides is 2. The largest absolute Gasteiger partial charge is 0.467 e. The van der Waals surface area contributed by atoms with Crippen LogP contribution >= 0.6 is 0 Å². The fourth-order valence-corrected chi connectivity index (χ4v) is 4.72. The summed E-state index contributed by atoms with van der Waals surface area (Å²) < 4.78 is 5.52. The number of hydrogen-bond donors (Lipinski definition) is 0. The molecule has 1 fully saturated rings. The van der Waals surface area contributed by atoms with Gasteiger partial charge in [-0.05, 0) is 53.4 Å². The van der Waals surface area contributed by atoms with Crippen molar-refractivity contribution in [2.45, 2.75) is 25.9 Å². The van der Waals surface area contributed by atoms with Crippen LogP contribution in [0.5, 0.6) is 0 Å². The second-order valence-electron chi connectivity index (χ2n) is 8.75. The summed E-state index contributed by atoms with van der Waals surface area (Å²) in [5.41, 5.74) is 1.65. The van der Waals surface area contributed by atoms with Crippen LogP contribution in [0, 0.1) is 5.92 Å². The molecule has 3 heterocycles. The number of nitrogens with zero attached hydrogens (tertiary/aromatic N) is 3. The summed E-state index contributed by atoms with van der Waals surface area (Å²) in [5, 5.41) is 1.98. The maximum atomic E-state index is 13.7. The quantitative estimate of drug-likeness (QED) is 0.416. The molecular weight excluding hydrogens is 426 g/mol. The lowest BCUT2D eigenvalue weighted by molar-refractivity contribution is -0.138. The van der Waals surface area contributed by atoms with Crippen LogP contribution in [0.4, 0.5) is 0 Å². The van der Waals surface area contributed by atoms with Gasteiger partial charge in [-0.15, -0.1) is 0 Å². The van der Waals surface area contributed by atoms with Crippen LogP contribution in [0.3, 0.4) is 0 Å². The van der Waals surface area contributed by atoms with Gasteiger partial charge in [0.25, 0.3) is 5.91 Å². The van der Waals surface area contributed by atoms with Gasteiger partial charge in [-0.2, -0.15) is 0 Å². The highest BCUT2D eigenvalue weighted by atomic mass is 16.3. The zero-order chi connectivity index (χ0) is 23.3. The van der Waals surface area contributed by atoms with E-state index in [1.165, 1.54) is 0 Å². The number of furan rings is 1. The third kappa shape index (κ3) is 4.71. The fourth-order valence-electron chi connectivity index (χ4n) is 4.72. The lowest BCUT2D eigenvalue weighted by Gasteiger charge is -2.35. The minimum atomic E-state index is -0.251. The Hall–Kier alpha value is -3.93. The van der Waals surface area contributed by atoms with Gasteiger partial charge >= 0.3 is 0 Å². The molecule has 1 unspecified atom stereocenters. The van der Waals surface area contributed by atoms with Crippen LogP contribution in [0.2, 0.25) is 0 Å². The summed E-state index contributed by atoms with van der Waals surface area (Å²) in [4.78, 5) is 35.0. The molecule has 6 nitrogen and oxygen atoms in total. The Morgan fingerprint density at radius 2 is 1.88 bits per heavy atom. The second-order valence-corrected chi connectivity index (χ2v) is 8.75. The third-order valence-electron chi connectivity index (χ3n) is 6.41. The lowest BCUT2D eigenvalue weighted by atomic mass is 9.95. The molecule has 0 N–H and O–H groups in total. The van der Waals surface area contributed by atoms with Gasteiger partial charge in [0.05, 0.1) is 18.7 Å². The predicted molar refractivity (Wildman–Crippen MR) is 130 cm³/mol. The minimum absolute atomic E-state index is 0.0147. The van der Waals surface area contributed by atoms with Crippen LogP contribution in [0.25, 0.3) is 10.8 Å². The van der Waals surface area contributed by atoms with Gasteiger partial charge in [0.15, 0.2) is 0 Å². The Balaban J connectivity index is 1.35. The van der Waals surface area contributed by atoms with Crippen molar-refractivity contribution in [1.29, 1.82) is 0 Å². The predicted octanol–water partition coefficient (Wildman–Crippen LogP) is 4.91. The summed E-state index contributed by atoms with van der Waals surface area (Å²) in [6.07, 6.45) is 6.68. The SMILES string of the molecule is O=C(c1cccc2ccccc12)N1CCCC(C(=O)N(Cc2cccnc2)Cc2ccco2)C1. The molecule has 34 heavy (non-hydrogen) atoms. The summed E-state index contributed by atoms with van der Waals surface area (Å²) >= 11 is 0. The molecule has 0 spiro atoms. The molecule has 2 aromatic heterocycles. The van der Waals surface area contributed by atoms with Gasteiger partial charge in [-0.1, -0.05) is 42.5 Å². The van der Waals surface area contributed by atoms with Crippen molar-refractivity contribution in [2.75, 3.05) is 13.1 Å². The summed E-state index contributed by atoms with van der Waals surface area (Å²) in [6.45, 7) is 1.91. The molecular formula is C28H27N3O3. The normalized spacial score (nSPS) is 15.9. The number of pyridine rings is 1. The molecule has 172 valence electrons. The summed E-state index contributed by atoms with van der Waals surface area (Å²) in [7, 11) is 0. The molecule has 4 aromatic rings. The number of likely N-dealkylation sites (tertiary alicyclic amines) is 1. The number of piperidine rings is 1. The Morgan fingerprint density at radius 1 is 1.00 bits per heavy atom. The van der Waals surface area contributed by atoms with Crippen molar-refractivity contribution >= 4 is 22.6 Å². The Bertz CT molecular complexity index is 1270. The van der Waals surface area contributed by atoms with Crippen LogP contribution in [-0.4, -0.2) is 39.7 Å². The zero-order valence-corrected chi connectivity index (χ0v) is 19.0. The van der Waals surface area contributed by atoms with Gasteiger partial charge in [0.2, 0.25) is 5.91 Å². The topological polar surface area (TPSA) is 66.7 Å². The van der Waals surface area contributed by atoms with E-state index in [-0.39, 0.29) is 17.7 Å². The van der Waals surface area contributed by atoms with Gasteiger partial charge in [-0.25, -0.2) is 0 Å². The third-order valence-corrected chi connectivity index (χ3v) is 6.41. The first-order valence-corrected chi connectivity index (χ1v) is 11.7. The number of benzene rings is 2. The smallest absolute Gasteiger partial charge is 0.254 e. The first kappa shape index (κ1) is 21.9. The van der Waals surface area contributed by atoms with Gasteiger partial charge in [0.1, 0.15) is 5.76 Å². The first-order valence-electron chi connectivity index (χ1n) is 11.7. The van der Waals surface area contributed by atoms with Crippen LogP contribution in [0.1, 0.15) is 34.5 Å². The maximum absolute atomic E-state index is 13.7. The maximum Gasteiger partial charge on any atom is 0.254 e. The molecule has 1 atom stereocenters. The molecule has 0 aliphatic carbocycles. The zero-order valence-electron chi connectivity index (χ0n) is 19.0. The molecule has 2 amide bonds. The van der Waals surface area contributed by atoms with Gasteiger partial charge in [0, 0.05) is 37.6 Å². The lowest BCUT2D eigenvalue weighted by Crippen LogP contribution is -2.46. The molecule has 0 radical (unpaired) electrons. The number of fused-ring (bicyclic) bond motifs is 1. The minimum Gasteiger partial charge on any atom is -0.467 e. The second kappa shape index (κ2) is 9.91. The highest BCUT2D eigenvalue weighted by molar-refractivity contribution is 6.07. The Kier molecular flexibility index (Phi) is 6.38. The van der Waals surface area contributed by atoms with E-state index in [2.05, 4.69) is 4.98 Å². The van der Waals surface area contributed by atoms with Crippen molar-refractivity contribution < 1.29 is 14.0 Å². The van der Waals surface area contributed by atoms with Crippen molar-refractivity contribution in [2.24, 2.45) is 5.92 Å². The monoisotopic (exact) mass is 453 g/mol. The fraction of sp³-hybridized carbons (Fsp3) is 0.250. The first-order chi connectivity index (χ1) is 16.7. The van der Waals surface area contributed by atoms with E-state index < -0.39 is 0 Å². The standard InChI is InChI=1S/C28H27N3O3/c32-27(31(20-24-11-6-16-34-24)18-21-7-4-14-29-17-21)23-10-5-15-30(19-23)28(33)26-13-3-9-22-8-1-2-12-25(22)26/h1-4,6-9,11-14,16-17,23H,5,10,15,18-20H2. The van der Waals surface area contributed by atoms with E-state index in [0.717, 1.165) is 34.9 Å². The summed E-state index contributed by atoms with van der Waals surface area (Å²) in [5.74, 6) is 0.505. The number of aromatic nitrogens is 1. The van der Waals surface area contributed by atoms with Crippen molar-refractivity contribution in [3.8, 4) is 0 Å². The highest BCUT2D eigenvalue weighted by Crippen LogP contribution is 2.25. The van der Waals surface area contributed by atoms with Crippen molar-refractivity contribution in [3.05, 3.63) is 102 Å². The molecule has 1 aliphatic heterocycles. The number of hydrogen-bond acceptors (Lipinski definition) is 4. The molecule has 1 aliphatic rings.